The SMILES string of the molecule is Cc1cc(-c2ncnc3[nH]c(-c4ccc(NCCNCC5CCN(c6ccc(N7CCC(=O)NC7=O)cc6)CC5)cn4)cc23)c(F)cc1[C@@H](C)NC(O)c1noc(C(C)(C)C)n1. The third kappa shape index (κ3) is 9.44. The normalized spacial score (nSPS) is 16.2. The largest absolute Gasteiger partial charge is 0.383 e. The third-order valence-electron chi connectivity index (χ3n) is 11.5. The summed E-state index contributed by atoms with van der Waals surface area (Å²) < 4.78 is 21.2. The molecule has 324 valence electrons. The lowest BCUT2D eigenvalue weighted by molar-refractivity contribution is -0.120. The summed E-state index contributed by atoms with van der Waals surface area (Å²) in [7, 11) is 0. The molecule has 0 bridgehead atoms. The molecule has 2 aliphatic rings. The molecule has 0 aliphatic carbocycles. The van der Waals surface area contributed by atoms with E-state index in [0.717, 1.165) is 73.9 Å². The van der Waals surface area contributed by atoms with E-state index in [1.54, 1.807) is 17.2 Å². The van der Waals surface area contributed by atoms with Crippen LogP contribution in [0.25, 0.3) is 33.7 Å². The first-order chi connectivity index (χ1) is 29.8. The van der Waals surface area contributed by atoms with Crippen molar-refractivity contribution < 1.29 is 23.6 Å². The number of amides is 3. The molecule has 2 saturated heterocycles. The highest BCUT2D eigenvalue weighted by molar-refractivity contribution is 6.05. The molecule has 2 aromatic carbocycles. The number of nitrogens with one attached hydrogen (secondary N) is 5. The number of urea groups is 1. The standard InChI is InChI=1S/C45H53FN12O4/c1-26-20-33(35(46)21-32(26)27(2)52-42(60)41-55-43(62-56-41)45(3,4)5)39-34-22-37(53-40(34)51-25-50-39)36-11-6-29(24-49-36)48-16-15-47-23-28-12-17-57(18-13-28)30-7-9-31(10-8-30)58-19-14-38(59)54-44(58)61/h6-11,20-22,24-25,27-28,42,47-48,52,60H,12-19,23H2,1-5H3,(H,50,51,53)(H,54,59,61)/t27-,42?/m1/s1. The Morgan fingerprint density at radius 1 is 0.984 bits per heavy atom. The van der Waals surface area contributed by atoms with E-state index in [-0.39, 0.29) is 23.2 Å². The van der Waals surface area contributed by atoms with Gasteiger partial charge in [0.05, 0.1) is 29.0 Å². The van der Waals surface area contributed by atoms with E-state index < -0.39 is 18.1 Å². The average molecular weight is 845 g/mol. The molecule has 6 aromatic rings. The van der Waals surface area contributed by atoms with Gasteiger partial charge in [-0.2, -0.15) is 4.98 Å². The van der Waals surface area contributed by atoms with Crippen LogP contribution in [0.15, 0.2) is 71.6 Å². The highest BCUT2D eigenvalue weighted by Gasteiger charge is 2.27. The fourth-order valence-electron chi connectivity index (χ4n) is 8.00. The fourth-order valence-corrected chi connectivity index (χ4v) is 8.00. The second-order valence-corrected chi connectivity index (χ2v) is 17.1. The Morgan fingerprint density at radius 2 is 1.76 bits per heavy atom. The van der Waals surface area contributed by atoms with E-state index in [2.05, 4.69) is 63.4 Å². The van der Waals surface area contributed by atoms with Gasteiger partial charge in [0.25, 0.3) is 0 Å². The van der Waals surface area contributed by atoms with Crippen molar-refractivity contribution in [2.24, 2.45) is 5.92 Å². The summed E-state index contributed by atoms with van der Waals surface area (Å²) in [5.41, 5.74) is 6.78. The number of carbonyl (C=O) groups is 2. The zero-order valence-corrected chi connectivity index (χ0v) is 35.6. The number of hydrogen-bond donors (Lipinski definition) is 6. The Hall–Kier alpha value is -6.30. The number of imide groups is 1. The minimum atomic E-state index is -1.21. The highest BCUT2D eigenvalue weighted by Crippen LogP contribution is 2.34. The van der Waals surface area contributed by atoms with Crippen LogP contribution in [0, 0.1) is 18.7 Å². The molecule has 0 saturated carbocycles. The van der Waals surface area contributed by atoms with Crippen molar-refractivity contribution >= 4 is 40.0 Å². The number of anilines is 3. The number of pyridine rings is 1. The maximum atomic E-state index is 15.9. The van der Waals surface area contributed by atoms with Gasteiger partial charge in [-0.05, 0) is 105 Å². The van der Waals surface area contributed by atoms with Gasteiger partial charge in [-0.25, -0.2) is 19.2 Å². The topological polar surface area (TPSA) is 202 Å². The summed E-state index contributed by atoms with van der Waals surface area (Å²) in [4.78, 5) is 48.9. The van der Waals surface area contributed by atoms with Gasteiger partial charge in [-0.1, -0.05) is 25.9 Å². The number of nitrogens with zero attached hydrogens (tertiary/aromatic N) is 7. The number of hydrogen-bond acceptors (Lipinski definition) is 13. The van der Waals surface area contributed by atoms with Crippen LogP contribution in [-0.4, -0.2) is 86.4 Å². The summed E-state index contributed by atoms with van der Waals surface area (Å²) in [5, 5.41) is 27.8. The van der Waals surface area contributed by atoms with E-state index >= 15 is 4.39 Å². The van der Waals surface area contributed by atoms with Crippen molar-refractivity contribution in [1.29, 1.82) is 0 Å². The minimum absolute atomic E-state index is 0.117. The molecule has 0 spiro atoms. The lowest BCUT2D eigenvalue weighted by Crippen LogP contribution is -2.49. The van der Waals surface area contributed by atoms with Crippen LogP contribution in [0.1, 0.15) is 82.1 Å². The van der Waals surface area contributed by atoms with Crippen molar-refractivity contribution in [3.05, 3.63) is 95.8 Å². The molecular weight excluding hydrogens is 792 g/mol. The maximum absolute atomic E-state index is 15.9. The Bertz CT molecular complexity index is 2530. The van der Waals surface area contributed by atoms with Crippen molar-refractivity contribution in [1.82, 2.24) is 46.0 Å². The molecule has 3 amide bonds. The van der Waals surface area contributed by atoms with Gasteiger partial charge in [0.15, 0.2) is 6.23 Å². The Balaban J connectivity index is 0.809. The Kier molecular flexibility index (Phi) is 12.3. The van der Waals surface area contributed by atoms with Crippen molar-refractivity contribution in [3.8, 4) is 22.6 Å². The second kappa shape index (κ2) is 18.0. The number of aliphatic hydroxyl groups is 1. The fraction of sp³-hybridized carbons (Fsp3) is 0.400. The number of rotatable bonds is 14. The molecule has 2 atom stereocenters. The number of halogens is 1. The first-order valence-electron chi connectivity index (χ1n) is 21.1. The summed E-state index contributed by atoms with van der Waals surface area (Å²) in [6, 6.07) is 16.3. The number of carbonyl (C=O) groups excluding carboxylic acids is 2. The van der Waals surface area contributed by atoms with E-state index in [1.807, 2.05) is 65.0 Å². The molecule has 6 N–H and O–H groups in total. The molecule has 8 rings (SSSR count). The van der Waals surface area contributed by atoms with E-state index in [9.17, 15) is 14.7 Å². The van der Waals surface area contributed by atoms with Crippen LogP contribution in [0.2, 0.25) is 0 Å². The van der Waals surface area contributed by atoms with Crippen molar-refractivity contribution in [3.63, 3.8) is 0 Å². The highest BCUT2D eigenvalue weighted by atomic mass is 19.1. The lowest BCUT2D eigenvalue weighted by atomic mass is 9.96. The number of aliphatic hydroxyl groups excluding tert-OH is 1. The van der Waals surface area contributed by atoms with Crippen molar-refractivity contribution in [2.75, 3.05) is 54.4 Å². The summed E-state index contributed by atoms with van der Waals surface area (Å²) in [6.45, 7) is 14.4. The van der Waals surface area contributed by atoms with E-state index in [4.69, 9.17) is 9.51 Å². The maximum Gasteiger partial charge on any atom is 0.328 e. The van der Waals surface area contributed by atoms with Crippen LogP contribution in [0.4, 0.5) is 26.2 Å². The summed E-state index contributed by atoms with van der Waals surface area (Å²) >= 11 is 0. The molecule has 16 nitrogen and oxygen atoms in total. The van der Waals surface area contributed by atoms with Crippen LogP contribution < -0.4 is 31.1 Å². The monoisotopic (exact) mass is 844 g/mol. The summed E-state index contributed by atoms with van der Waals surface area (Å²) in [5.74, 6) is 0.443. The predicted octanol–water partition coefficient (Wildman–Crippen LogP) is 6.52. The molecular formula is C45H53FN12O4. The smallest absolute Gasteiger partial charge is 0.328 e. The van der Waals surface area contributed by atoms with Crippen LogP contribution in [-0.2, 0) is 10.2 Å². The summed E-state index contributed by atoms with van der Waals surface area (Å²) in [6.07, 6.45) is 4.51. The minimum Gasteiger partial charge on any atom is -0.383 e. The molecule has 0 radical (unpaired) electrons. The van der Waals surface area contributed by atoms with E-state index in [0.29, 0.717) is 58.3 Å². The number of fused-ring (bicyclic) bond motifs is 1. The van der Waals surface area contributed by atoms with E-state index in [1.165, 1.54) is 12.4 Å². The number of aryl methyl sites for hydroxylation is 1. The molecule has 2 aliphatic heterocycles. The first-order valence-corrected chi connectivity index (χ1v) is 21.1. The Morgan fingerprint density at radius 3 is 2.47 bits per heavy atom. The van der Waals surface area contributed by atoms with Crippen LogP contribution in [0.5, 0.6) is 0 Å². The quantitative estimate of drug-likeness (QED) is 0.0512. The van der Waals surface area contributed by atoms with Gasteiger partial charge in [-0.15, -0.1) is 0 Å². The molecule has 1 unspecified atom stereocenters. The molecule has 4 aromatic heterocycles. The number of benzene rings is 2. The molecule has 2 fully saturated rings. The predicted molar refractivity (Wildman–Crippen MR) is 235 cm³/mol. The second-order valence-electron chi connectivity index (χ2n) is 17.1. The Labute approximate surface area is 359 Å². The number of piperidine rings is 1. The molecule has 6 heterocycles. The van der Waals surface area contributed by atoms with Gasteiger partial charge < -0.3 is 30.1 Å². The van der Waals surface area contributed by atoms with Gasteiger partial charge in [0, 0.05) is 72.9 Å². The lowest BCUT2D eigenvalue weighted by Gasteiger charge is -2.34. The number of aromatic amines is 1. The van der Waals surface area contributed by atoms with Crippen molar-refractivity contribution in [2.45, 2.75) is 71.6 Å². The number of aromatic nitrogens is 6. The van der Waals surface area contributed by atoms with Crippen LogP contribution >= 0.6 is 0 Å². The number of H-pyrrole nitrogens is 1. The van der Waals surface area contributed by atoms with Crippen LogP contribution in [0.3, 0.4) is 0 Å². The zero-order valence-electron chi connectivity index (χ0n) is 35.6. The third-order valence-corrected chi connectivity index (χ3v) is 11.5. The van der Waals surface area contributed by atoms with Gasteiger partial charge >= 0.3 is 6.03 Å². The van der Waals surface area contributed by atoms with Gasteiger partial charge in [0.2, 0.25) is 17.6 Å². The van der Waals surface area contributed by atoms with Gasteiger partial charge in [-0.3, -0.25) is 25.3 Å². The zero-order chi connectivity index (χ0) is 43.5. The molecule has 62 heavy (non-hydrogen) atoms. The first kappa shape index (κ1) is 42.4. The molecule has 17 heteroatoms. The average Bonchev–Trinajstić information content (AvgIpc) is 3.94. The van der Waals surface area contributed by atoms with Gasteiger partial charge in [0.1, 0.15) is 17.8 Å².